The molecule has 2 N–H and O–H groups in total. The molecule has 2 amide bonds. The Kier molecular flexibility index (Phi) is 4.77. The minimum atomic E-state index is -0.893. The van der Waals surface area contributed by atoms with Crippen LogP contribution in [0.25, 0.3) is 0 Å². The molecule has 0 bridgehead atoms. The Balaban J connectivity index is 1.86. The summed E-state index contributed by atoms with van der Waals surface area (Å²) in [5.41, 5.74) is 4.95. The van der Waals surface area contributed by atoms with Crippen molar-refractivity contribution in [3.8, 4) is 5.75 Å². The fourth-order valence-electron chi connectivity index (χ4n) is 1.78. The van der Waals surface area contributed by atoms with E-state index in [9.17, 15) is 14.0 Å². The molecule has 1 atom stereocenters. The maximum absolute atomic E-state index is 13.0. The topological polar surface area (TPSA) is 72.4 Å². The van der Waals surface area contributed by atoms with Crippen LogP contribution in [-0.2, 0) is 11.8 Å². The maximum Gasteiger partial charge on any atom is 0.286 e. The van der Waals surface area contributed by atoms with Gasteiger partial charge in [-0.25, -0.2) is 4.39 Å². The average molecular weight is 305 g/mol. The molecular formula is C15H16FN3O3. The van der Waals surface area contributed by atoms with E-state index in [1.807, 2.05) is 0 Å². The fourth-order valence-corrected chi connectivity index (χ4v) is 1.78. The molecule has 2 rings (SSSR count). The third kappa shape index (κ3) is 3.85. The van der Waals surface area contributed by atoms with Crippen molar-refractivity contribution in [3.05, 3.63) is 54.1 Å². The predicted molar refractivity (Wildman–Crippen MR) is 77.5 cm³/mol. The molecule has 1 heterocycles. The highest BCUT2D eigenvalue weighted by atomic mass is 19.1. The largest absolute Gasteiger partial charge is 0.481 e. The molecule has 0 radical (unpaired) electrons. The van der Waals surface area contributed by atoms with Crippen molar-refractivity contribution in [2.24, 2.45) is 7.05 Å². The molecule has 1 unspecified atom stereocenters. The lowest BCUT2D eigenvalue weighted by molar-refractivity contribution is -0.128. The van der Waals surface area contributed by atoms with Gasteiger partial charge in [0.15, 0.2) is 6.10 Å². The first-order valence-corrected chi connectivity index (χ1v) is 6.61. The van der Waals surface area contributed by atoms with Gasteiger partial charge in [-0.15, -0.1) is 0 Å². The number of rotatable bonds is 4. The van der Waals surface area contributed by atoms with E-state index in [-0.39, 0.29) is 5.75 Å². The number of amides is 2. The first-order chi connectivity index (χ1) is 10.5. The van der Waals surface area contributed by atoms with Crippen molar-refractivity contribution in [3.63, 3.8) is 0 Å². The fraction of sp³-hybridized carbons (Fsp3) is 0.200. The van der Waals surface area contributed by atoms with Crippen LogP contribution in [0.1, 0.15) is 17.4 Å². The molecule has 0 aliphatic heterocycles. The zero-order chi connectivity index (χ0) is 16.1. The van der Waals surface area contributed by atoms with Crippen LogP contribution < -0.4 is 15.6 Å². The highest BCUT2D eigenvalue weighted by molar-refractivity contribution is 5.94. The van der Waals surface area contributed by atoms with Crippen molar-refractivity contribution in [2.75, 3.05) is 0 Å². The number of benzene rings is 1. The van der Waals surface area contributed by atoms with E-state index in [4.69, 9.17) is 4.74 Å². The summed E-state index contributed by atoms with van der Waals surface area (Å²) >= 11 is 0. The third-order valence-corrected chi connectivity index (χ3v) is 2.95. The normalized spacial score (nSPS) is 11.6. The number of nitrogens with one attached hydrogen (secondary N) is 2. The van der Waals surface area contributed by atoms with Gasteiger partial charge in [0.2, 0.25) is 0 Å². The lowest BCUT2D eigenvalue weighted by atomic mass is 10.3. The SMILES string of the molecule is CC(Oc1cccc(F)c1)C(=O)NNC(=O)c1cccn1C. The van der Waals surface area contributed by atoms with Crippen LogP contribution >= 0.6 is 0 Å². The molecule has 7 heteroatoms. The quantitative estimate of drug-likeness (QED) is 0.839. The lowest BCUT2D eigenvalue weighted by Crippen LogP contribution is -2.47. The molecule has 0 fully saturated rings. The van der Waals surface area contributed by atoms with Crippen molar-refractivity contribution >= 4 is 11.8 Å². The highest BCUT2D eigenvalue weighted by Crippen LogP contribution is 2.13. The summed E-state index contributed by atoms with van der Waals surface area (Å²) in [7, 11) is 1.71. The number of carbonyl (C=O) groups is 2. The van der Waals surface area contributed by atoms with Crippen molar-refractivity contribution < 1.29 is 18.7 Å². The Morgan fingerprint density at radius 2 is 2.00 bits per heavy atom. The van der Waals surface area contributed by atoms with Gasteiger partial charge in [-0.2, -0.15) is 0 Å². The van der Waals surface area contributed by atoms with E-state index in [0.717, 1.165) is 0 Å². The van der Waals surface area contributed by atoms with Gasteiger partial charge in [0.25, 0.3) is 11.8 Å². The molecule has 0 spiro atoms. The predicted octanol–water partition coefficient (Wildman–Crippen LogP) is 1.39. The number of ether oxygens (including phenoxy) is 1. The summed E-state index contributed by atoms with van der Waals surface area (Å²) < 4.78 is 19.9. The van der Waals surface area contributed by atoms with E-state index in [2.05, 4.69) is 10.9 Å². The number of carbonyl (C=O) groups excluding carboxylic acids is 2. The summed E-state index contributed by atoms with van der Waals surface area (Å²) in [6.07, 6.45) is 0.822. The summed E-state index contributed by atoms with van der Waals surface area (Å²) in [6.45, 7) is 1.49. The van der Waals surface area contributed by atoms with Gasteiger partial charge < -0.3 is 9.30 Å². The van der Waals surface area contributed by atoms with E-state index in [0.29, 0.717) is 5.69 Å². The second-order valence-electron chi connectivity index (χ2n) is 4.67. The van der Waals surface area contributed by atoms with Crippen LogP contribution in [0.3, 0.4) is 0 Å². The molecule has 1 aromatic heterocycles. The van der Waals surface area contributed by atoms with Crippen LogP contribution in [-0.4, -0.2) is 22.5 Å². The number of halogens is 1. The Morgan fingerprint density at radius 3 is 2.64 bits per heavy atom. The minimum Gasteiger partial charge on any atom is -0.481 e. The standard InChI is InChI=1S/C15H16FN3O3/c1-10(22-12-6-3-5-11(16)9-12)14(20)17-18-15(21)13-7-4-8-19(13)2/h3-10H,1-2H3,(H,17,20)(H,18,21). The Hall–Kier alpha value is -2.83. The molecule has 116 valence electrons. The summed E-state index contributed by atoms with van der Waals surface area (Å²) in [5, 5.41) is 0. The average Bonchev–Trinajstić information content (AvgIpc) is 2.90. The van der Waals surface area contributed by atoms with Gasteiger partial charge in [0.1, 0.15) is 17.3 Å². The van der Waals surface area contributed by atoms with Gasteiger partial charge in [-0.3, -0.25) is 20.4 Å². The molecule has 1 aromatic carbocycles. The Bertz CT molecular complexity index is 684. The molecule has 6 nitrogen and oxygen atoms in total. The van der Waals surface area contributed by atoms with Gasteiger partial charge in [-0.05, 0) is 31.2 Å². The first-order valence-electron chi connectivity index (χ1n) is 6.61. The highest BCUT2D eigenvalue weighted by Gasteiger charge is 2.16. The second-order valence-corrected chi connectivity index (χ2v) is 4.67. The summed E-state index contributed by atoms with van der Waals surface area (Å²) in [4.78, 5) is 23.7. The number of hydrazine groups is 1. The molecular weight excluding hydrogens is 289 g/mol. The molecule has 2 aromatic rings. The Morgan fingerprint density at radius 1 is 1.23 bits per heavy atom. The van der Waals surface area contributed by atoms with Crippen molar-refractivity contribution in [1.29, 1.82) is 0 Å². The zero-order valence-corrected chi connectivity index (χ0v) is 12.2. The van der Waals surface area contributed by atoms with Crippen LogP contribution in [0.15, 0.2) is 42.6 Å². The molecule has 0 aliphatic carbocycles. The van der Waals surface area contributed by atoms with E-state index >= 15 is 0 Å². The van der Waals surface area contributed by atoms with Crippen LogP contribution in [0.4, 0.5) is 4.39 Å². The van der Waals surface area contributed by atoms with Crippen molar-refractivity contribution in [2.45, 2.75) is 13.0 Å². The second kappa shape index (κ2) is 6.75. The lowest BCUT2D eigenvalue weighted by Gasteiger charge is -2.15. The number of aromatic nitrogens is 1. The van der Waals surface area contributed by atoms with E-state index < -0.39 is 23.7 Å². The smallest absolute Gasteiger partial charge is 0.286 e. The molecule has 0 aliphatic rings. The monoisotopic (exact) mass is 305 g/mol. The van der Waals surface area contributed by atoms with Crippen LogP contribution in [0.5, 0.6) is 5.75 Å². The number of hydrogen-bond acceptors (Lipinski definition) is 3. The van der Waals surface area contributed by atoms with Crippen molar-refractivity contribution in [1.82, 2.24) is 15.4 Å². The van der Waals surface area contributed by atoms with Gasteiger partial charge in [0, 0.05) is 19.3 Å². The maximum atomic E-state index is 13.0. The third-order valence-electron chi connectivity index (χ3n) is 2.95. The summed E-state index contributed by atoms with van der Waals surface area (Å²) in [5.74, 6) is -1.22. The number of hydrogen-bond donors (Lipinski definition) is 2. The molecule has 0 saturated carbocycles. The molecule has 22 heavy (non-hydrogen) atoms. The first kappa shape index (κ1) is 15.6. The zero-order valence-electron chi connectivity index (χ0n) is 12.2. The van der Waals surface area contributed by atoms with Crippen LogP contribution in [0, 0.1) is 5.82 Å². The minimum absolute atomic E-state index is 0.233. The van der Waals surface area contributed by atoms with Gasteiger partial charge in [-0.1, -0.05) is 6.07 Å². The van der Waals surface area contributed by atoms with Gasteiger partial charge in [0.05, 0.1) is 0 Å². The number of aryl methyl sites for hydroxylation is 1. The van der Waals surface area contributed by atoms with E-state index in [1.54, 1.807) is 29.9 Å². The van der Waals surface area contributed by atoms with Gasteiger partial charge >= 0.3 is 0 Å². The van der Waals surface area contributed by atoms with E-state index in [1.165, 1.54) is 31.2 Å². The Labute approximate surface area is 126 Å². The van der Waals surface area contributed by atoms with Crippen LogP contribution in [0.2, 0.25) is 0 Å². The molecule has 0 saturated heterocycles. The number of nitrogens with zero attached hydrogens (tertiary/aromatic N) is 1. The summed E-state index contributed by atoms with van der Waals surface area (Å²) in [6, 6.07) is 8.80.